The van der Waals surface area contributed by atoms with E-state index in [2.05, 4.69) is 46.1 Å². The lowest BCUT2D eigenvalue weighted by molar-refractivity contribution is 0.0963. The van der Waals surface area contributed by atoms with Crippen LogP contribution in [0.3, 0.4) is 0 Å². The molecule has 0 saturated carbocycles. The Bertz CT molecular complexity index is 575. The summed E-state index contributed by atoms with van der Waals surface area (Å²) >= 11 is 1.74. The molecule has 8 heteroatoms. The molecule has 146 valence electrons. The molecule has 1 saturated heterocycles. The van der Waals surface area contributed by atoms with Gasteiger partial charge in [-0.2, -0.15) is 0 Å². The van der Waals surface area contributed by atoms with E-state index in [0.29, 0.717) is 25.7 Å². The fraction of sp³-hybridized carbons (Fsp3) is 0.556. The number of likely N-dealkylation sites (tertiary alicyclic amines) is 1. The molecule has 0 atom stereocenters. The predicted molar refractivity (Wildman–Crippen MR) is 119 cm³/mol. The highest BCUT2D eigenvalue weighted by molar-refractivity contribution is 14.0. The van der Waals surface area contributed by atoms with Crippen LogP contribution in [0.25, 0.3) is 0 Å². The Balaban J connectivity index is 0.00000338. The lowest BCUT2D eigenvalue weighted by Crippen LogP contribution is -2.49. The summed E-state index contributed by atoms with van der Waals surface area (Å²) in [5.74, 6) is 0.795. The maximum Gasteiger partial charge on any atom is 0.409 e. The minimum absolute atomic E-state index is 0. The van der Waals surface area contributed by atoms with Gasteiger partial charge in [-0.25, -0.2) is 4.79 Å². The van der Waals surface area contributed by atoms with Gasteiger partial charge < -0.3 is 20.3 Å². The molecular weight excluding hydrogens is 463 g/mol. The Kier molecular flexibility index (Phi) is 10.8. The number of halogens is 1. The Labute approximate surface area is 177 Å². The lowest BCUT2D eigenvalue weighted by atomic mass is 10.1. The smallest absolute Gasteiger partial charge is 0.409 e. The van der Waals surface area contributed by atoms with Crippen molar-refractivity contribution in [3.63, 3.8) is 0 Å². The van der Waals surface area contributed by atoms with Gasteiger partial charge in [-0.05, 0) is 43.7 Å². The molecule has 0 aliphatic carbocycles. The third-order valence-electron chi connectivity index (χ3n) is 4.20. The molecule has 1 fully saturated rings. The minimum Gasteiger partial charge on any atom is -0.450 e. The maximum absolute atomic E-state index is 11.7. The number of carbonyl (C=O) groups excluding carboxylic acids is 1. The first-order chi connectivity index (χ1) is 12.2. The fourth-order valence-electron chi connectivity index (χ4n) is 2.74. The van der Waals surface area contributed by atoms with Crippen LogP contribution in [0, 0.1) is 0 Å². The van der Waals surface area contributed by atoms with E-state index >= 15 is 0 Å². The molecule has 0 bridgehead atoms. The summed E-state index contributed by atoms with van der Waals surface area (Å²) in [6.45, 7) is 4.41. The monoisotopic (exact) mass is 492 g/mol. The van der Waals surface area contributed by atoms with Gasteiger partial charge in [0.15, 0.2) is 5.96 Å². The average Bonchev–Trinajstić information content (AvgIpc) is 2.66. The number of nitrogens with zero attached hydrogens (tertiary/aromatic N) is 2. The third-order valence-corrected chi connectivity index (χ3v) is 4.95. The molecular formula is C18H29IN4O2S. The minimum atomic E-state index is -0.211. The fourth-order valence-corrected chi connectivity index (χ4v) is 3.15. The van der Waals surface area contributed by atoms with E-state index in [0.717, 1.165) is 25.3 Å². The molecule has 1 aromatic carbocycles. The van der Waals surface area contributed by atoms with Gasteiger partial charge in [0.25, 0.3) is 0 Å². The Morgan fingerprint density at radius 1 is 1.31 bits per heavy atom. The largest absolute Gasteiger partial charge is 0.450 e. The zero-order chi connectivity index (χ0) is 18.1. The van der Waals surface area contributed by atoms with Crippen molar-refractivity contribution in [3.8, 4) is 0 Å². The van der Waals surface area contributed by atoms with E-state index in [1.54, 1.807) is 23.7 Å². The molecule has 1 amide bonds. The number of nitrogens with one attached hydrogen (secondary N) is 2. The van der Waals surface area contributed by atoms with Gasteiger partial charge in [0.05, 0.1) is 6.61 Å². The second kappa shape index (κ2) is 12.3. The van der Waals surface area contributed by atoms with E-state index in [1.807, 2.05) is 6.92 Å². The van der Waals surface area contributed by atoms with Crippen LogP contribution in [0.15, 0.2) is 34.2 Å². The van der Waals surface area contributed by atoms with Gasteiger partial charge in [0.2, 0.25) is 0 Å². The Morgan fingerprint density at radius 2 is 1.96 bits per heavy atom. The molecule has 0 radical (unpaired) electrons. The first kappa shape index (κ1) is 22.9. The van der Waals surface area contributed by atoms with Crippen molar-refractivity contribution in [2.45, 2.75) is 37.2 Å². The van der Waals surface area contributed by atoms with Gasteiger partial charge >= 0.3 is 6.09 Å². The van der Waals surface area contributed by atoms with Crippen LogP contribution >= 0.6 is 35.7 Å². The molecule has 0 spiro atoms. The lowest BCUT2D eigenvalue weighted by Gasteiger charge is -2.32. The SMILES string of the molecule is CCOC(=O)N1CCC(NC(=NC)NCc2ccc(SC)cc2)CC1.I. The van der Waals surface area contributed by atoms with Crippen molar-refractivity contribution >= 4 is 47.8 Å². The van der Waals surface area contributed by atoms with Crippen LogP contribution < -0.4 is 10.6 Å². The topological polar surface area (TPSA) is 66.0 Å². The van der Waals surface area contributed by atoms with Crippen LogP contribution in [0.4, 0.5) is 4.79 Å². The van der Waals surface area contributed by atoms with Gasteiger partial charge in [-0.15, -0.1) is 35.7 Å². The van der Waals surface area contributed by atoms with Gasteiger partial charge in [0.1, 0.15) is 0 Å². The molecule has 0 unspecified atom stereocenters. The first-order valence-corrected chi connectivity index (χ1v) is 9.90. The van der Waals surface area contributed by atoms with Crippen molar-refractivity contribution in [3.05, 3.63) is 29.8 Å². The number of carbonyl (C=O) groups is 1. The van der Waals surface area contributed by atoms with E-state index < -0.39 is 0 Å². The molecule has 1 heterocycles. The summed E-state index contributed by atoms with van der Waals surface area (Å²) in [6.07, 6.45) is 3.65. The normalized spacial score (nSPS) is 15.2. The standard InChI is InChI=1S/C18H28N4O2S.HI/c1-4-24-18(23)22-11-9-15(10-12-22)21-17(19-2)20-13-14-5-7-16(25-3)8-6-14;/h5-8,15H,4,9-13H2,1-3H3,(H2,19,20,21);1H. The van der Waals surface area contributed by atoms with Crippen LogP contribution in [-0.4, -0.2) is 56.0 Å². The van der Waals surface area contributed by atoms with E-state index in [-0.39, 0.29) is 30.1 Å². The Morgan fingerprint density at radius 3 is 2.50 bits per heavy atom. The number of guanidine groups is 1. The molecule has 6 nitrogen and oxygen atoms in total. The van der Waals surface area contributed by atoms with E-state index in [1.165, 1.54) is 10.5 Å². The summed E-state index contributed by atoms with van der Waals surface area (Å²) < 4.78 is 5.05. The molecule has 2 N–H and O–H groups in total. The number of piperidine rings is 1. The number of ether oxygens (including phenoxy) is 1. The number of hydrogen-bond donors (Lipinski definition) is 2. The summed E-state index contributed by atoms with van der Waals surface area (Å²) in [5, 5.41) is 6.80. The first-order valence-electron chi connectivity index (χ1n) is 8.68. The third kappa shape index (κ3) is 7.22. The quantitative estimate of drug-likeness (QED) is 0.286. The van der Waals surface area contributed by atoms with E-state index in [4.69, 9.17) is 4.74 Å². The molecule has 1 aliphatic rings. The summed E-state index contributed by atoms with van der Waals surface area (Å²) in [7, 11) is 1.78. The number of benzene rings is 1. The van der Waals surface area contributed by atoms with Crippen molar-refractivity contribution in [1.29, 1.82) is 0 Å². The van der Waals surface area contributed by atoms with Gasteiger partial charge in [-0.3, -0.25) is 4.99 Å². The number of rotatable bonds is 5. The number of thioether (sulfide) groups is 1. The van der Waals surface area contributed by atoms with Crippen LogP contribution in [0.5, 0.6) is 0 Å². The zero-order valence-corrected chi connectivity index (χ0v) is 18.8. The Hall–Kier alpha value is -1.16. The number of hydrogen-bond acceptors (Lipinski definition) is 4. The number of aliphatic imine (C=N–C) groups is 1. The van der Waals surface area contributed by atoms with E-state index in [9.17, 15) is 4.79 Å². The number of amides is 1. The average molecular weight is 492 g/mol. The second-order valence-corrected chi connectivity index (χ2v) is 6.76. The zero-order valence-electron chi connectivity index (χ0n) is 15.7. The molecule has 0 aromatic heterocycles. The molecule has 1 aliphatic heterocycles. The highest BCUT2D eigenvalue weighted by atomic mass is 127. The van der Waals surface area contributed by atoms with Crippen molar-refractivity contribution in [2.24, 2.45) is 4.99 Å². The van der Waals surface area contributed by atoms with Crippen molar-refractivity contribution in [2.75, 3.05) is 33.0 Å². The predicted octanol–water partition coefficient (Wildman–Crippen LogP) is 3.31. The molecule has 26 heavy (non-hydrogen) atoms. The summed E-state index contributed by atoms with van der Waals surface area (Å²) in [6, 6.07) is 8.83. The van der Waals surface area contributed by atoms with Crippen LogP contribution in [-0.2, 0) is 11.3 Å². The van der Waals surface area contributed by atoms with Crippen molar-refractivity contribution in [1.82, 2.24) is 15.5 Å². The molecule has 1 aromatic rings. The van der Waals surface area contributed by atoms with Crippen LogP contribution in [0.2, 0.25) is 0 Å². The van der Waals surface area contributed by atoms with Crippen LogP contribution in [0.1, 0.15) is 25.3 Å². The maximum atomic E-state index is 11.7. The second-order valence-electron chi connectivity index (χ2n) is 5.88. The van der Waals surface area contributed by atoms with Gasteiger partial charge in [-0.1, -0.05) is 12.1 Å². The molecule has 2 rings (SSSR count). The summed E-state index contributed by atoms with van der Waals surface area (Å²) in [4.78, 5) is 19.1. The highest BCUT2D eigenvalue weighted by Crippen LogP contribution is 2.15. The highest BCUT2D eigenvalue weighted by Gasteiger charge is 2.23. The van der Waals surface area contributed by atoms with Gasteiger partial charge in [0, 0.05) is 37.6 Å². The summed E-state index contributed by atoms with van der Waals surface area (Å²) in [5.41, 5.74) is 1.22. The van der Waals surface area contributed by atoms with Crippen molar-refractivity contribution < 1.29 is 9.53 Å².